The molecule has 2 radical (unpaired) electrons. The smallest absolute Gasteiger partial charge is 0.128 e. The molecule has 3 heteroatoms. The Morgan fingerprint density at radius 2 is 1.20 bits per heavy atom. The van der Waals surface area contributed by atoms with Gasteiger partial charge in [-0.3, -0.25) is 0 Å². The van der Waals surface area contributed by atoms with E-state index >= 15 is 0 Å². The number of hydrogen-bond donors (Lipinski definition) is 0. The summed E-state index contributed by atoms with van der Waals surface area (Å²) in [6.45, 7) is 16.6. The first kappa shape index (κ1) is 15.4. The molecule has 0 rings (SSSR count). The van der Waals surface area contributed by atoms with Crippen molar-refractivity contribution in [2.45, 2.75) is 78.7 Å². The normalized spacial score (nSPS) is 13.2. The van der Waals surface area contributed by atoms with E-state index in [2.05, 4.69) is 53.0 Å². The van der Waals surface area contributed by atoms with Gasteiger partial charge in [0.05, 0.1) is 7.59 Å². The second kappa shape index (κ2) is 6.87. The minimum absolute atomic E-state index is 0.708. The lowest BCUT2D eigenvalue weighted by Crippen LogP contribution is -2.54. The summed E-state index contributed by atoms with van der Waals surface area (Å²) in [5.41, 5.74) is 0. The van der Waals surface area contributed by atoms with Crippen molar-refractivity contribution in [1.29, 1.82) is 0 Å². The van der Waals surface area contributed by atoms with Crippen molar-refractivity contribution in [3.05, 3.63) is 0 Å². The molecule has 0 saturated carbocycles. The SMILES string of the molecule is CC[Si](CC)(CC)[Si]N(C(C)C)C(C)C. The fourth-order valence-electron chi connectivity index (χ4n) is 2.12. The van der Waals surface area contributed by atoms with Gasteiger partial charge < -0.3 is 4.57 Å². The van der Waals surface area contributed by atoms with Gasteiger partial charge in [0.25, 0.3) is 0 Å². The minimum Gasteiger partial charge on any atom is -0.323 e. The minimum atomic E-state index is -0.952. The number of hydrogen-bond acceptors (Lipinski definition) is 1. The van der Waals surface area contributed by atoms with E-state index in [1.54, 1.807) is 0 Å². The fraction of sp³-hybridized carbons (Fsp3) is 1.00. The molecule has 0 atom stereocenters. The Bertz CT molecular complexity index is 149. The summed E-state index contributed by atoms with van der Waals surface area (Å²) in [5.74, 6) is 0. The van der Waals surface area contributed by atoms with Crippen molar-refractivity contribution in [3.63, 3.8) is 0 Å². The monoisotopic (exact) mass is 243 g/mol. The van der Waals surface area contributed by atoms with Crippen LogP contribution in [0.15, 0.2) is 0 Å². The average molecular weight is 244 g/mol. The maximum atomic E-state index is 2.72. The van der Waals surface area contributed by atoms with Gasteiger partial charge in [-0.05, 0) is 12.1 Å². The third-order valence-corrected chi connectivity index (χ3v) is 14.7. The van der Waals surface area contributed by atoms with Crippen molar-refractivity contribution in [2.24, 2.45) is 0 Å². The van der Waals surface area contributed by atoms with Crippen LogP contribution in [0.2, 0.25) is 18.1 Å². The highest BCUT2D eigenvalue weighted by molar-refractivity contribution is 7.23. The van der Waals surface area contributed by atoms with E-state index in [1.807, 2.05) is 0 Å². The Labute approximate surface area is 100 Å². The van der Waals surface area contributed by atoms with Crippen LogP contribution in [0, 0.1) is 0 Å². The molecule has 0 amide bonds. The topological polar surface area (TPSA) is 3.24 Å². The van der Waals surface area contributed by atoms with Gasteiger partial charge in [-0.1, -0.05) is 66.6 Å². The van der Waals surface area contributed by atoms with Crippen LogP contribution < -0.4 is 0 Å². The molecule has 90 valence electrons. The Hall–Kier alpha value is 0.394. The van der Waals surface area contributed by atoms with Crippen molar-refractivity contribution >= 4 is 16.8 Å². The summed E-state index contributed by atoms with van der Waals surface area (Å²) in [6, 6.07) is 5.77. The first-order valence-electron chi connectivity index (χ1n) is 6.48. The Morgan fingerprint density at radius 3 is 1.40 bits per heavy atom. The summed E-state index contributed by atoms with van der Waals surface area (Å²) in [4.78, 5) is 0. The van der Waals surface area contributed by atoms with Crippen LogP contribution in [0.4, 0.5) is 0 Å². The second-order valence-corrected chi connectivity index (χ2v) is 14.3. The third-order valence-electron chi connectivity index (χ3n) is 3.51. The molecule has 0 aliphatic carbocycles. The van der Waals surface area contributed by atoms with E-state index in [4.69, 9.17) is 0 Å². The highest BCUT2D eigenvalue weighted by atomic mass is 29.2. The molecule has 1 nitrogen and oxygen atoms in total. The van der Waals surface area contributed by atoms with Crippen LogP contribution in [-0.4, -0.2) is 33.4 Å². The van der Waals surface area contributed by atoms with Gasteiger partial charge in [-0.25, -0.2) is 0 Å². The summed E-state index contributed by atoms with van der Waals surface area (Å²) in [6.07, 6.45) is 0. The van der Waals surface area contributed by atoms with E-state index in [0.29, 0.717) is 12.1 Å². The number of rotatable bonds is 7. The third kappa shape index (κ3) is 4.41. The van der Waals surface area contributed by atoms with Crippen molar-refractivity contribution in [2.75, 3.05) is 0 Å². The first-order valence-corrected chi connectivity index (χ1v) is 11.0. The summed E-state index contributed by atoms with van der Waals surface area (Å²) < 4.78 is 2.72. The van der Waals surface area contributed by atoms with Crippen molar-refractivity contribution in [1.82, 2.24) is 4.57 Å². The maximum absolute atomic E-state index is 2.72. The van der Waals surface area contributed by atoms with E-state index in [0.717, 1.165) is 9.20 Å². The lowest BCUT2D eigenvalue weighted by atomic mass is 10.3. The lowest BCUT2D eigenvalue weighted by molar-refractivity contribution is 0.316. The molecule has 0 heterocycles. The van der Waals surface area contributed by atoms with Gasteiger partial charge in [0, 0.05) is 0 Å². The molecular formula is C12H29NSi2. The van der Waals surface area contributed by atoms with Crippen LogP contribution in [0.25, 0.3) is 0 Å². The van der Waals surface area contributed by atoms with Crippen LogP contribution in [0.1, 0.15) is 48.5 Å². The zero-order chi connectivity index (χ0) is 12.1. The molecule has 0 fully saturated rings. The van der Waals surface area contributed by atoms with Crippen LogP contribution in [0.3, 0.4) is 0 Å². The largest absolute Gasteiger partial charge is 0.323 e. The fourth-order valence-corrected chi connectivity index (χ4v) is 9.77. The van der Waals surface area contributed by atoms with Gasteiger partial charge in [0.15, 0.2) is 0 Å². The van der Waals surface area contributed by atoms with Crippen LogP contribution in [0.5, 0.6) is 0 Å². The molecule has 0 aromatic heterocycles. The molecule has 15 heavy (non-hydrogen) atoms. The molecule has 0 bridgehead atoms. The Balaban J connectivity index is 4.61. The molecule has 0 unspecified atom stereocenters. The highest BCUT2D eigenvalue weighted by Gasteiger charge is 2.32. The highest BCUT2D eigenvalue weighted by Crippen LogP contribution is 2.21. The van der Waals surface area contributed by atoms with Crippen LogP contribution in [-0.2, 0) is 0 Å². The van der Waals surface area contributed by atoms with E-state index in [9.17, 15) is 0 Å². The molecule has 0 saturated heterocycles. The van der Waals surface area contributed by atoms with E-state index in [-0.39, 0.29) is 0 Å². The van der Waals surface area contributed by atoms with Crippen molar-refractivity contribution in [3.8, 4) is 0 Å². The molecule has 0 aliphatic rings. The zero-order valence-electron chi connectivity index (χ0n) is 11.7. The van der Waals surface area contributed by atoms with Gasteiger partial charge in [-0.2, -0.15) is 0 Å². The first-order chi connectivity index (χ1) is 6.92. The van der Waals surface area contributed by atoms with Gasteiger partial charge in [0.2, 0.25) is 0 Å². The van der Waals surface area contributed by atoms with Crippen LogP contribution >= 0.6 is 0 Å². The van der Waals surface area contributed by atoms with E-state index in [1.165, 1.54) is 18.1 Å². The summed E-state index contributed by atoms with van der Waals surface area (Å²) >= 11 is 0. The molecular weight excluding hydrogens is 214 g/mol. The Kier molecular flexibility index (Phi) is 7.05. The Morgan fingerprint density at radius 1 is 0.867 bits per heavy atom. The quantitative estimate of drug-likeness (QED) is 0.616. The maximum Gasteiger partial charge on any atom is 0.128 e. The molecule has 0 aliphatic heterocycles. The number of nitrogens with zero attached hydrogens (tertiary/aromatic N) is 1. The lowest BCUT2D eigenvalue weighted by Gasteiger charge is -2.38. The molecule has 0 N–H and O–H groups in total. The average Bonchev–Trinajstić information content (AvgIpc) is 2.20. The zero-order valence-corrected chi connectivity index (χ0v) is 13.7. The summed E-state index contributed by atoms with van der Waals surface area (Å²) in [5, 5.41) is 0. The predicted molar refractivity (Wildman–Crippen MR) is 75.1 cm³/mol. The second-order valence-electron chi connectivity index (χ2n) is 5.05. The molecule has 0 spiro atoms. The standard InChI is InChI=1S/C12H29NSi2/c1-8-15(9-2,10-3)14-13(11(4)5)12(6)7/h11-12H,8-10H2,1-7H3. The summed E-state index contributed by atoms with van der Waals surface area (Å²) in [7, 11) is 0.165. The van der Waals surface area contributed by atoms with Gasteiger partial charge in [0.1, 0.15) is 9.20 Å². The van der Waals surface area contributed by atoms with Crippen molar-refractivity contribution < 1.29 is 0 Å². The predicted octanol–water partition coefficient (Wildman–Crippen LogP) is 3.73. The van der Waals surface area contributed by atoms with Gasteiger partial charge >= 0.3 is 0 Å². The molecule has 0 aromatic rings. The van der Waals surface area contributed by atoms with Gasteiger partial charge in [-0.15, -0.1) is 0 Å². The molecule has 0 aromatic carbocycles. The van der Waals surface area contributed by atoms with E-state index < -0.39 is 7.59 Å².